The molecule has 0 amide bonds. The predicted molar refractivity (Wildman–Crippen MR) is 164 cm³/mol. The highest BCUT2D eigenvalue weighted by Gasteiger charge is 2.37. The van der Waals surface area contributed by atoms with Gasteiger partial charge in [-0.05, 0) is 48.9 Å². The number of benzene rings is 2. The molecule has 3 heterocycles. The Balaban J connectivity index is 1.29. The van der Waals surface area contributed by atoms with Gasteiger partial charge in [0.15, 0.2) is 5.65 Å². The lowest BCUT2D eigenvalue weighted by Gasteiger charge is -2.43. The van der Waals surface area contributed by atoms with Crippen LogP contribution < -0.4 is 11.0 Å². The number of hydrogen-bond donors (Lipinski definition) is 2. The maximum absolute atomic E-state index is 14.2. The normalized spacial score (nSPS) is 15.5. The lowest BCUT2D eigenvalue weighted by atomic mass is 9.71. The fourth-order valence-corrected chi connectivity index (χ4v) is 5.87. The Bertz CT molecular complexity index is 1720. The minimum atomic E-state index is -0.863. The van der Waals surface area contributed by atoms with E-state index in [0.717, 1.165) is 65.4 Å². The van der Waals surface area contributed by atoms with Crippen molar-refractivity contribution >= 4 is 16.6 Å². The van der Waals surface area contributed by atoms with Crippen LogP contribution in [0.25, 0.3) is 38.9 Å². The van der Waals surface area contributed by atoms with Gasteiger partial charge in [0.1, 0.15) is 6.17 Å². The molecule has 2 N–H and O–H groups in total. The van der Waals surface area contributed by atoms with Gasteiger partial charge >= 0.3 is 5.69 Å². The van der Waals surface area contributed by atoms with Crippen LogP contribution in [0.5, 0.6) is 0 Å². The summed E-state index contributed by atoms with van der Waals surface area (Å²) in [4.78, 5) is 17.2. The summed E-state index contributed by atoms with van der Waals surface area (Å²) in [7, 11) is 0. The van der Waals surface area contributed by atoms with Gasteiger partial charge in [-0.1, -0.05) is 92.9 Å². The number of allylic oxidation sites excluding steroid dienone is 1. The molecule has 0 aliphatic heterocycles. The lowest BCUT2D eigenvalue weighted by Crippen LogP contribution is -2.48. The maximum atomic E-state index is 14.2. The third kappa shape index (κ3) is 5.46. The summed E-state index contributed by atoms with van der Waals surface area (Å²) in [6.07, 6.45) is 11.6. The maximum Gasteiger partial charge on any atom is 0.347 e. The van der Waals surface area contributed by atoms with E-state index in [1.54, 1.807) is 12.3 Å². The number of fused-ring (bicyclic) bond motifs is 3. The molecule has 0 radical (unpaired) electrons. The molecule has 1 aliphatic rings. The number of rotatable bonds is 11. The predicted octanol–water partition coefficient (Wildman–Crippen LogP) is 7.35. The summed E-state index contributed by atoms with van der Waals surface area (Å²) >= 11 is 0. The Labute approximate surface area is 239 Å². The van der Waals surface area contributed by atoms with Gasteiger partial charge in [-0.25, -0.2) is 23.7 Å². The van der Waals surface area contributed by atoms with Gasteiger partial charge in [0, 0.05) is 34.8 Å². The molecular weight excluding hydrogens is 513 g/mol. The molecule has 2 aromatic carbocycles. The molecule has 6 rings (SSSR count). The van der Waals surface area contributed by atoms with E-state index < -0.39 is 6.17 Å². The Hall–Kier alpha value is -4.10. The number of pyridine rings is 2. The van der Waals surface area contributed by atoms with Gasteiger partial charge in [-0.15, -0.1) is 0 Å². The zero-order chi connectivity index (χ0) is 28.2. The summed E-state index contributed by atoms with van der Waals surface area (Å²) in [5.74, 6) is 0. The smallest absolute Gasteiger partial charge is 0.304 e. The number of halogens is 1. The molecule has 210 valence electrons. The van der Waals surface area contributed by atoms with Crippen molar-refractivity contribution in [1.82, 2.24) is 24.9 Å². The van der Waals surface area contributed by atoms with Crippen LogP contribution in [0, 0.1) is 0 Å². The van der Waals surface area contributed by atoms with Gasteiger partial charge < -0.3 is 5.32 Å². The zero-order valence-electron chi connectivity index (χ0n) is 23.4. The Morgan fingerprint density at radius 2 is 1.88 bits per heavy atom. The van der Waals surface area contributed by atoms with Crippen molar-refractivity contribution in [3.63, 3.8) is 0 Å². The number of aromatic amines is 1. The molecule has 5 aromatic rings. The standard InChI is InChI=1S/C34H36FN5O/c1-2-3-5-12-27(35)13-8-21-36-34(19-9-20-34)26-16-14-25(15-17-26)31-28(24-10-6-4-7-11-24)23-29-30(37-31)18-22-40-32(29)38-39-33(40)41/h4,6-8,10-11,13-18,22-23,27,36H,2-3,5,9,12,19-21H2,1H3,(H,39,41)/b13-8+. The van der Waals surface area contributed by atoms with Gasteiger partial charge in [-0.2, -0.15) is 5.10 Å². The lowest BCUT2D eigenvalue weighted by molar-refractivity contribution is 0.193. The Morgan fingerprint density at radius 1 is 1.07 bits per heavy atom. The number of nitrogens with one attached hydrogen (secondary N) is 2. The van der Waals surface area contributed by atoms with E-state index in [9.17, 15) is 9.18 Å². The number of aromatic nitrogens is 4. The average molecular weight is 550 g/mol. The van der Waals surface area contributed by atoms with Crippen molar-refractivity contribution in [1.29, 1.82) is 0 Å². The van der Waals surface area contributed by atoms with E-state index in [4.69, 9.17) is 4.98 Å². The highest BCUT2D eigenvalue weighted by atomic mass is 19.1. The van der Waals surface area contributed by atoms with Crippen LogP contribution in [-0.4, -0.2) is 32.3 Å². The van der Waals surface area contributed by atoms with Crippen molar-refractivity contribution in [3.8, 4) is 22.4 Å². The first kappa shape index (κ1) is 27.1. The molecule has 3 aromatic heterocycles. The van der Waals surface area contributed by atoms with Crippen LogP contribution in [-0.2, 0) is 5.54 Å². The second-order valence-electron chi connectivity index (χ2n) is 11.1. The van der Waals surface area contributed by atoms with Crippen LogP contribution in [0.2, 0.25) is 0 Å². The second kappa shape index (κ2) is 11.8. The van der Waals surface area contributed by atoms with Gasteiger partial charge in [0.2, 0.25) is 0 Å². The van der Waals surface area contributed by atoms with Crippen LogP contribution in [0.1, 0.15) is 57.4 Å². The number of unbranched alkanes of at least 4 members (excludes halogenated alkanes) is 2. The monoisotopic (exact) mass is 549 g/mol. The molecule has 0 bridgehead atoms. The molecule has 6 nitrogen and oxygen atoms in total. The van der Waals surface area contributed by atoms with Gasteiger partial charge in [0.25, 0.3) is 0 Å². The largest absolute Gasteiger partial charge is 0.347 e. The number of alkyl halides is 1. The number of H-pyrrole nitrogens is 1. The van der Waals surface area contributed by atoms with Crippen LogP contribution in [0.4, 0.5) is 4.39 Å². The van der Waals surface area contributed by atoms with E-state index >= 15 is 0 Å². The third-order valence-electron chi connectivity index (χ3n) is 8.37. The minimum absolute atomic E-state index is 0.0746. The van der Waals surface area contributed by atoms with Crippen LogP contribution >= 0.6 is 0 Å². The molecule has 7 heteroatoms. The minimum Gasteiger partial charge on any atom is -0.304 e. The van der Waals surface area contributed by atoms with E-state index in [1.165, 1.54) is 16.4 Å². The van der Waals surface area contributed by atoms with Crippen molar-refractivity contribution < 1.29 is 4.39 Å². The first-order valence-electron chi connectivity index (χ1n) is 14.7. The number of nitrogens with zero attached hydrogens (tertiary/aromatic N) is 3. The Kier molecular flexibility index (Phi) is 7.79. The van der Waals surface area contributed by atoms with Crippen LogP contribution in [0.15, 0.2) is 89.9 Å². The van der Waals surface area contributed by atoms with E-state index in [0.29, 0.717) is 18.6 Å². The molecule has 0 saturated heterocycles. The van der Waals surface area contributed by atoms with E-state index in [-0.39, 0.29) is 11.2 Å². The second-order valence-corrected chi connectivity index (χ2v) is 11.1. The molecular formula is C34H36FN5O. The first-order chi connectivity index (χ1) is 20.1. The van der Waals surface area contributed by atoms with Crippen molar-refractivity contribution in [2.45, 2.75) is 63.6 Å². The SMILES string of the molecule is CCCCCC(F)/C=C/CNC1(c2ccc(-c3nc4ccn5c(=O)[nH]nc5c4cc3-c3ccccc3)cc2)CCC1. The highest BCUT2D eigenvalue weighted by Crippen LogP contribution is 2.42. The van der Waals surface area contributed by atoms with Crippen molar-refractivity contribution in [2.24, 2.45) is 0 Å². The summed E-state index contributed by atoms with van der Waals surface area (Å²) in [5, 5.41) is 11.3. The Morgan fingerprint density at radius 3 is 2.61 bits per heavy atom. The molecule has 1 atom stereocenters. The third-order valence-corrected chi connectivity index (χ3v) is 8.37. The van der Waals surface area contributed by atoms with Crippen molar-refractivity contribution in [2.75, 3.05) is 6.54 Å². The van der Waals surface area contributed by atoms with E-state index in [1.807, 2.05) is 30.3 Å². The molecule has 1 fully saturated rings. The zero-order valence-corrected chi connectivity index (χ0v) is 23.4. The molecule has 0 spiro atoms. The van der Waals surface area contributed by atoms with Gasteiger partial charge in [0.05, 0.1) is 11.2 Å². The fourth-order valence-electron chi connectivity index (χ4n) is 5.87. The topological polar surface area (TPSA) is 75.1 Å². The molecule has 1 unspecified atom stereocenters. The average Bonchev–Trinajstić information content (AvgIpc) is 3.37. The molecule has 1 aliphatic carbocycles. The fraction of sp³-hybridized carbons (Fsp3) is 0.324. The summed E-state index contributed by atoms with van der Waals surface area (Å²) in [6, 6.07) is 22.8. The summed E-state index contributed by atoms with van der Waals surface area (Å²) < 4.78 is 15.7. The quantitative estimate of drug-likeness (QED) is 0.133. The molecule has 1 saturated carbocycles. The summed E-state index contributed by atoms with van der Waals surface area (Å²) in [5.41, 5.74) is 6.18. The first-order valence-corrected chi connectivity index (χ1v) is 14.7. The summed E-state index contributed by atoms with van der Waals surface area (Å²) in [6.45, 7) is 2.80. The molecule has 41 heavy (non-hydrogen) atoms. The van der Waals surface area contributed by atoms with E-state index in [2.05, 4.69) is 64.9 Å². The van der Waals surface area contributed by atoms with Gasteiger partial charge in [-0.3, -0.25) is 0 Å². The van der Waals surface area contributed by atoms with Crippen molar-refractivity contribution in [3.05, 3.63) is 101 Å². The van der Waals surface area contributed by atoms with Crippen LogP contribution in [0.3, 0.4) is 0 Å². The number of hydrogen-bond acceptors (Lipinski definition) is 4. The highest BCUT2D eigenvalue weighted by molar-refractivity contribution is 5.98.